The van der Waals surface area contributed by atoms with Gasteiger partial charge in [0.1, 0.15) is 10.4 Å². The number of carbonyl (C=O) groups is 2. The van der Waals surface area contributed by atoms with Crippen LogP contribution in [0.5, 0.6) is 0 Å². The molecule has 28 heavy (non-hydrogen) atoms. The van der Waals surface area contributed by atoms with Crippen LogP contribution in [0.3, 0.4) is 0 Å². The van der Waals surface area contributed by atoms with Gasteiger partial charge in [-0.1, -0.05) is 43.2 Å². The molecule has 10 heteroatoms. The number of carbonyl (C=O) groups excluding carboxylic acids is 1. The molecule has 3 rings (SSSR count). The molecule has 1 aromatic rings. The van der Waals surface area contributed by atoms with Gasteiger partial charge in [0.2, 0.25) is 0 Å². The van der Waals surface area contributed by atoms with Crippen molar-refractivity contribution in [2.45, 2.75) is 57.6 Å². The maximum Gasteiger partial charge on any atom is 0.347 e. The smallest absolute Gasteiger partial charge is 0.347 e. The van der Waals surface area contributed by atoms with Gasteiger partial charge in [-0.05, 0) is 19.8 Å². The van der Waals surface area contributed by atoms with Gasteiger partial charge < -0.3 is 20.2 Å². The normalized spacial score (nSPS) is 21.9. The first-order valence-electron chi connectivity index (χ1n) is 9.60. The lowest BCUT2D eigenvalue weighted by Gasteiger charge is -2.45. The quantitative estimate of drug-likeness (QED) is 0.488. The van der Waals surface area contributed by atoms with E-state index in [-0.39, 0.29) is 22.9 Å². The summed E-state index contributed by atoms with van der Waals surface area (Å²) in [4.78, 5) is 37.1. The number of hydrogen-bond acceptors (Lipinski definition) is 7. The summed E-state index contributed by atoms with van der Waals surface area (Å²) in [5.74, 6) is -0.717. The van der Waals surface area contributed by atoms with Crippen molar-refractivity contribution in [3.05, 3.63) is 10.6 Å². The number of alkyl halides is 1. The van der Waals surface area contributed by atoms with Crippen molar-refractivity contribution in [3.8, 4) is 0 Å². The number of thiazole rings is 1. The molecule has 2 N–H and O–H groups in total. The molecule has 1 amide bonds. The first-order valence-corrected chi connectivity index (χ1v) is 10.9. The van der Waals surface area contributed by atoms with Crippen LogP contribution in [-0.4, -0.2) is 69.9 Å². The van der Waals surface area contributed by atoms with Gasteiger partial charge in [-0.3, -0.25) is 4.79 Å². The molecule has 0 aliphatic carbocycles. The molecule has 8 nitrogen and oxygen atoms in total. The van der Waals surface area contributed by atoms with Crippen LogP contribution >= 0.6 is 22.9 Å². The Hall–Kier alpha value is -1.87. The fourth-order valence-electron chi connectivity index (χ4n) is 3.35. The molecular weight excluding hydrogens is 402 g/mol. The summed E-state index contributed by atoms with van der Waals surface area (Å²) in [7, 11) is 0. The van der Waals surface area contributed by atoms with Crippen molar-refractivity contribution in [1.29, 1.82) is 0 Å². The average Bonchev–Trinajstić information content (AvgIpc) is 3.18. The maximum absolute atomic E-state index is 13.0. The van der Waals surface area contributed by atoms with E-state index in [2.05, 4.69) is 22.2 Å². The summed E-state index contributed by atoms with van der Waals surface area (Å²) >= 11 is 7.39. The Morgan fingerprint density at radius 3 is 2.64 bits per heavy atom. The fourth-order valence-corrected chi connectivity index (χ4v) is 4.61. The van der Waals surface area contributed by atoms with Gasteiger partial charge in [-0.2, -0.15) is 0 Å². The Bertz CT molecular complexity index is 777. The largest absolute Gasteiger partial charge is 0.477 e. The number of unbranched alkanes of at least 4 members (excludes halogenated alkanes) is 1. The highest BCUT2D eigenvalue weighted by atomic mass is 35.5. The number of anilines is 1. The SMILES string of the molecule is CCCCN(C(=O)C1=NC(Cl)C(CC)N1)C1CN(c2nc(C)c(C(=O)O)s2)C1. The number of amidine groups is 1. The van der Waals surface area contributed by atoms with Crippen molar-refractivity contribution in [1.82, 2.24) is 15.2 Å². The number of nitrogens with zero attached hydrogens (tertiary/aromatic N) is 4. The van der Waals surface area contributed by atoms with Gasteiger partial charge in [0.15, 0.2) is 11.0 Å². The Morgan fingerprint density at radius 1 is 1.39 bits per heavy atom. The van der Waals surface area contributed by atoms with Gasteiger partial charge in [-0.15, -0.1) is 0 Å². The van der Waals surface area contributed by atoms with Crippen LogP contribution in [0.1, 0.15) is 48.5 Å². The second-order valence-electron chi connectivity index (χ2n) is 7.14. The van der Waals surface area contributed by atoms with E-state index < -0.39 is 11.5 Å². The van der Waals surface area contributed by atoms with Gasteiger partial charge in [0, 0.05) is 19.6 Å². The number of amides is 1. The number of nitrogens with one attached hydrogen (secondary N) is 1. The minimum absolute atomic E-state index is 0.0146. The van der Waals surface area contributed by atoms with Crippen molar-refractivity contribution in [2.75, 3.05) is 24.5 Å². The third-order valence-electron chi connectivity index (χ3n) is 5.12. The first-order chi connectivity index (χ1) is 13.3. The number of rotatable bonds is 8. The standard InChI is InChI=1S/C18H26ClN5O3S/c1-4-6-7-24(16(25)15-21-12(5-2)14(19)22-15)11-8-23(9-11)18-20-10(3)13(28-18)17(26)27/h11-12,14H,4-9H2,1-3H3,(H,21,22)(H,26,27). The molecule has 154 valence electrons. The van der Waals surface area contributed by atoms with Crippen LogP contribution in [0.2, 0.25) is 0 Å². The molecule has 2 atom stereocenters. The van der Waals surface area contributed by atoms with Crippen LogP contribution in [0.15, 0.2) is 4.99 Å². The molecule has 0 aromatic carbocycles. The Morgan fingerprint density at radius 2 is 2.11 bits per heavy atom. The summed E-state index contributed by atoms with van der Waals surface area (Å²) in [6.45, 7) is 7.74. The monoisotopic (exact) mass is 427 g/mol. The van der Waals surface area contributed by atoms with Gasteiger partial charge in [0.05, 0.1) is 17.8 Å². The molecule has 2 aliphatic rings. The average molecular weight is 428 g/mol. The van der Waals surface area contributed by atoms with E-state index in [4.69, 9.17) is 11.6 Å². The highest BCUT2D eigenvalue weighted by molar-refractivity contribution is 7.17. The molecule has 1 fully saturated rings. The lowest BCUT2D eigenvalue weighted by molar-refractivity contribution is -0.127. The number of carboxylic acid groups (broad SMARTS) is 1. The van der Waals surface area contributed by atoms with E-state index in [1.54, 1.807) is 6.92 Å². The Labute approximate surface area is 173 Å². The number of aryl methyl sites for hydroxylation is 1. The van der Waals surface area contributed by atoms with Crippen molar-refractivity contribution < 1.29 is 14.7 Å². The van der Waals surface area contributed by atoms with E-state index in [0.717, 1.165) is 19.3 Å². The maximum atomic E-state index is 13.0. The lowest BCUT2D eigenvalue weighted by Crippen LogP contribution is -2.63. The van der Waals surface area contributed by atoms with E-state index >= 15 is 0 Å². The van der Waals surface area contributed by atoms with Crippen molar-refractivity contribution >= 4 is 45.8 Å². The summed E-state index contributed by atoms with van der Waals surface area (Å²) in [6.07, 6.45) is 2.70. The molecule has 0 spiro atoms. The molecule has 0 saturated carbocycles. The second-order valence-corrected chi connectivity index (χ2v) is 8.56. The fraction of sp³-hybridized carbons (Fsp3) is 0.667. The minimum Gasteiger partial charge on any atom is -0.477 e. The molecule has 2 aliphatic heterocycles. The molecule has 0 radical (unpaired) electrons. The topological polar surface area (TPSA) is 98.1 Å². The third-order valence-corrected chi connectivity index (χ3v) is 6.72. The second kappa shape index (κ2) is 8.65. The highest BCUT2D eigenvalue weighted by Gasteiger charge is 2.39. The van der Waals surface area contributed by atoms with Crippen LogP contribution < -0.4 is 10.2 Å². The van der Waals surface area contributed by atoms with E-state index in [1.165, 1.54) is 11.3 Å². The van der Waals surface area contributed by atoms with Crippen molar-refractivity contribution in [2.24, 2.45) is 4.99 Å². The lowest BCUT2D eigenvalue weighted by atomic mass is 10.1. The summed E-state index contributed by atoms with van der Waals surface area (Å²) in [5.41, 5.74) is 0.112. The van der Waals surface area contributed by atoms with Crippen LogP contribution in [0.25, 0.3) is 0 Å². The summed E-state index contributed by atoms with van der Waals surface area (Å²) in [5, 5.41) is 13.1. The molecule has 0 bridgehead atoms. The zero-order chi connectivity index (χ0) is 20.4. The van der Waals surface area contributed by atoms with Crippen molar-refractivity contribution in [3.63, 3.8) is 0 Å². The predicted molar refractivity (Wildman–Crippen MR) is 111 cm³/mol. The number of hydrogen-bond donors (Lipinski definition) is 2. The van der Waals surface area contributed by atoms with E-state index in [9.17, 15) is 14.7 Å². The number of halogens is 1. The molecular formula is C18H26ClN5O3S. The molecule has 2 unspecified atom stereocenters. The molecule has 1 aromatic heterocycles. The zero-order valence-electron chi connectivity index (χ0n) is 16.3. The minimum atomic E-state index is -0.954. The number of aromatic carboxylic acids is 1. The number of aromatic nitrogens is 1. The number of aliphatic imine (C=N–C) groups is 1. The van der Waals surface area contributed by atoms with E-state index in [0.29, 0.717) is 36.3 Å². The summed E-state index contributed by atoms with van der Waals surface area (Å²) in [6, 6.07) is 0.0368. The molecule has 3 heterocycles. The third kappa shape index (κ3) is 4.10. The van der Waals surface area contributed by atoms with Crippen LogP contribution in [0.4, 0.5) is 5.13 Å². The van der Waals surface area contributed by atoms with Gasteiger partial charge in [-0.25, -0.2) is 14.8 Å². The van der Waals surface area contributed by atoms with E-state index in [1.807, 2.05) is 16.7 Å². The van der Waals surface area contributed by atoms with Gasteiger partial charge in [0.25, 0.3) is 5.91 Å². The predicted octanol–water partition coefficient (Wildman–Crippen LogP) is 2.31. The van der Waals surface area contributed by atoms with Crippen LogP contribution in [-0.2, 0) is 4.79 Å². The Balaban J connectivity index is 1.67. The number of carboxylic acids is 1. The summed E-state index contributed by atoms with van der Waals surface area (Å²) < 4.78 is 0. The first kappa shape index (κ1) is 20.9. The molecule has 1 saturated heterocycles. The van der Waals surface area contributed by atoms with Gasteiger partial charge >= 0.3 is 5.97 Å². The highest BCUT2D eigenvalue weighted by Crippen LogP contribution is 2.31. The van der Waals surface area contributed by atoms with Crippen LogP contribution in [0, 0.1) is 6.92 Å². The Kier molecular flexibility index (Phi) is 6.44. The zero-order valence-corrected chi connectivity index (χ0v) is 17.9.